The quantitative estimate of drug-likeness (QED) is 0.807. The van der Waals surface area contributed by atoms with Crippen molar-refractivity contribution in [3.8, 4) is 0 Å². The zero-order valence-electron chi connectivity index (χ0n) is 10.3. The van der Waals surface area contributed by atoms with E-state index in [1.807, 2.05) is 43.6 Å². The van der Waals surface area contributed by atoms with E-state index in [1.165, 1.54) is 0 Å². The smallest absolute Gasteiger partial charge is 0.243 e. The van der Waals surface area contributed by atoms with Gasteiger partial charge in [0.2, 0.25) is 5.95 Å². The minimum Gasteiger partial charge on any atom is -0.349 e. The number of hydrogen-bond acceptors (Lipinski definition) is 4. The number of fused-ring (bicyclic) bond motifs is 1. The number of nitrogens with one attached hydrogen (secondary N) is 1. The van der Waals surface area contributed by atoms with Gasteiger partial charge in [0.15, 0.2) is 5.65 Å². The summed E-state index contributed by atoms with van der Waals surface area (Å²) in [6, 6.07) is 7.89. The molecule has 0 aliphatic carbocycles. The standard InChI is InChI=1S/C13H12BrN5/c1-9-4-5-10(7-15-9)8-16-13-17-12-11(14)3-2-6-19(12)18-13/h2-7H,8H2,1H3,(H,16,18). The molecule has 19 heavy (non-hydrogen) atoms. The third-order valence-electron chi connectivity index (χ3n) is 2.74. The van der Waals surface area contributed by atoms with Crippen molar-refractivity contribution >= 4 is 27.5 Å². The maximum Gasteiger partial charge on any atom is 0.243 e. The number of anilines is 1. The highest BCUT2D eigenvalue weighted by atomic mass is 79.9. The second kappa shape index (κ2) is 4.97. The molecule has 0 saturated heterocycles. The van der Waals surface area contributed by atoms with Crippen molar-refractivity contribution in [3.63, 3.8) is 0 Å². The Morgan fingerprint density at radius 2 is 2.21 bits per heavy atom. The van der Waals surface area contributed by atoms with E-state index >= 15 is 0 Å². The molecule has 0 saturated carbocycles. The first-order chi connectivity index (χ1) is 9.22. The van der Waals surface area contributed by atoms with E-state index in [1.54, 1.807) is 4.52 Å². The lowest BCUT2D eigenvalue weighted by Gasteiger charge is -2.01. The van der Waals surface area contributed by atoms with Crippen LogP contribution >= 0.6 is 15.9 Å². The number of aryl methyl sites for hydroxylation is 1. The van der Waals surface area contributed by atoms with Gasteiger partial charge in [0.25, 0.3) is 0 Å². The van der Waals surface area contributed by atoms with E-state index in [9.17, 15) is 0 Å². The second-order valence-corrected chi connectivity index (χ2v) is 5.08. The van der Waals surface area contributed by atoms with Crippen molar-refractivity contribution in [3.05, 3.63) is 52.4 Å². The molecule has 0 fully saturated rings. The first-order valence-corrected chi connectivity index (χ1v) is 6.68. The molecule has 3 rings (SSSR count). The molecule has 3 heterocycles. The van der Waals surface area contributed by atoms with E-state index < -0.39 is 0 Å². The van der Waals surface area contributed by atoms with Crippen LogP contribution in [0.5, 0.6) is 0 Å². The summed E-state index contributed by atoms with van der Waals surface area (Å²) in [6.45, 7) is 2.63. The first-order valence-electron chi connectivity index (χ1n) is 5.89. The Bertz CT molecular complexity index is 705. The van der Waals surface area contributed by atoms with Crippen molar-refractivity contribution in [2.24, 2.45) is 0 Å². The molecule has 0 aromatic carbocycles. The van der Waals surface area contributed by atoms with Gasteiger partial charge in [-0.25, -0.2) is 4.52 Å². The zero-order valence-corrected chi connectivity index (χ0v) is 11.9. The van der Waals surface area contributed by atoms with E-state index in [0.717, 1.165) is 21.4 Å². The monoisotopic (exact) mass is 317 g/mol. The number of pyridine rings is 2. The molecule has 0 atom stereocenters. The van der Waals surface area contributed by atoms with Crippen LogP contribution in [0.15, 0.2) is 41.1 Å². The van der Waals surface area contributed by atoms with Crippen LogP contribution in [-0.4, -0.2) is 19.6 Å². The summed E-state index contributed by atoms with van der Waals surface area (Å²) in [5, 5.41) is 7.54. The Balaban J connectivity index is 1.78. The van der Waals surface area contributed by atoms with Gasteiger partial charge in [-0.15, -0.1) is 5.10 Å². The SMILES string of the molecule is Cc1ccc(CNc2nc3c(Br)cccn3n2)cn1. The molecule has 1 N–H and O–H groups in total. The average molecular weight is 318 g/mol. The molecule has 0 spiro atoms. The average Bonchev–Trinajstić information content (AvgIpc) is 2.83. The summed E-state index contributed by atoms with van der Waals surface area (Å²) in [7, 11) is 0. The number of aromatic nitrogens is 4. The zero-order chi connectivity index (χ0) is 13.2. The van der Waals surface area contributed by atoms with Gasteiger partial charge in [0, 0.05) is 24.6 Å². The minimum atomic E-state index is 0.604. The van der Waals surface area contributed by atoms with Crippen LogP contribution < -0.4 is 5.32 Å². The van der Waals surface area contributed by atoms with Gasteiger partial charge in [0.1, 0.15) is 0 Å². The molecular weight excluding hydrogens is 306 g/mol. The van der Waals surface area contributed by atoms with Crippen LogP contribution in [0.1, 0.15) is 11.3 Å². The Labute approximate surface area is 118 Å². The van der Waals surface area contributed by atoms with Crippen LogP contribution in [0, 0.1) is 6.92 Å². The van der Waals surface area contributed by atoms with Crippen LogP contribution in [-0.2, 0) is 6.54 Å². The van der Waals surface area contributed by atoms with Crippen molar-refractivity contribution in [1.82, 2.24) is 19.6 Å². The Kier molecular flexibility index (Phi) is 3.16. The number of hydrogen-bond donors (Lipinski definition) is 1. The molecular formula is C13H12BrN5. The topological polar surface area (TPSA) is 55.1 Å². The summed E-state index contributed by atoms with van der Waals surface area (Å²) in [5.41, 5.74) is 2.91. The maximum absolute atomic E-state index is 4.42. The molecule has 0 amide bonds. The number of halogens is 1. The van der Waals surface area contributed by atoms with Gasteiger partial charge in [-0.05, 0) is 46.6 Å². The van der Waals surface area contributed by atoms with Crippen LogP contribution in [0.4, 0.5) is 5.95 Å². The molecule has 6 heteroatoms. The highest BCUT2D eigenvalue weighted by Crippen LogP contribution is 2.17. The lowest BCUT2D eigenvalue weighted by atomic mass is 10.2. The number of nitrogens with zero attached hydrogens (tertiary/aromatic N) is 4. The van der Waals surface area contributed by atoms with E-state index in [4.69, 9.17) is 0 Å². The fourth-order valence-electron chi connectivity index (χ4n) is 1.73. The van der Waals surface area contributed by atoms with Gasteiger partial charge in [-0.1, -0.05) is 6.07 Å². The second-order valence-electron chi connectivity index (χ2n) is 4.22. The van der Waals surface area contributed by atoms with Crippen LogP contribution in [0.25, 0.3) is 5.65 Å². The Morgan fingerprint density at radius 1 is 1.32 bits per heavy atom. The lowest BCUT2D eigenvalue weighted by Crippen LogP contribution is -2.01. The highest BCUT2D eigenvalue weighted by molar-refractivity contribution is 9.10. The van der Waals surface area contributed by atoms with Crippen molar-refractivity contribution in [1.29, 1.82) is 0 Å². The molecule has 3 aromatic rings. The summed E-state index contributed by atoms with van der Waals surface area (Å²) in [6.07, 6.45) is 3.72. The third kappa shape index (κ3) is 2.58. The lowest BCUT2D eigenvalue weighted by molar-refractivity contribution is 0.946. The van der Waals surface area contributed by atoms with E-state index in [-0.39, 0.29) is 0 Å². The van der Waals surface area contributed by atoms with Gasteiger partial charge < -0.3 is 5.32 Å². The van der Waals surface area contributed by atoms with Crippen molar-refractivity contribution in [2.45, 2.75) is 13.5 Å². The predicted octanol–water partition coefficient (Wildman–Crippen LogP) is 2.81. The molecule has 0 unspecified atom stereocenters. The Morgan fingerprint density at radius 3 is 2.95 bits per heavy atom. The molecule has 0 aliphatic heterocycles. The van der Waals surface area contributed by atoms with E-state index in [0.29, 0.717) is 12.5 Å². The largest absolute Gasteiger partial charge is 0.349 e. The number of rotatable bonds is 3. The van der Waals surface area contributed by atoms with Gasteiger partial charge in [0.05, 0.1) is 4.47 Å². The molecule has 96 valence electrons. The minimum absolute atomic E-state index is 0.604. The Hall–Kier alpha value is -1.95. The van der Waals surface area contributed by atoms with Gasteiger partial charge in [-0.3, -0.25) is 4.98 Å². The fourth-order valence-corrected chi connectivity index (χ4v) is 2.16. The third-order valence-corrected chi connectivity index (χ3v) is 3.36. The normalized spacial score (nSPS) is 10.8. The fraction of sp³-hybridized carbons (Fsp3) is 0.154. The summed E-state index contributed by atoms with van der Waals surface area (Å²) in [5.74, 6) is 0.604. The molecule has 5 nitrogen and oxygen atoms in total. The predicted molar refractivity (Wildman–Crippen MR) is 77.0 cm³/mol. The van der Waals surface area contributed by atoms with Crippen molar-refractivity contribution in [2.75, 3.05) is 5.32 Å². The van der Waals surface area contributed by atoms with Crippen LogP contribution in [0.3, 0.4) is 0 Å². The maximum atomic E-state index is 4.42. The molecule has 3 aromatic heterocycles. The van der Waals surface area contributed by atoms with E-state index in [2.05, 4.69) is 36.3 Å². The highest BCUT2D eigenvalue weighted by Gasteiger charge is 2.05. The summed E-state index contributed by atoms with van der Waals surface area (Å²) in [4.78, 5) is 8.67. The molecule has 0 radical (unpaired) electrons. The first kappa shape index (κ1) is 12.1. The molecule has 0 bridgehead atoms. The van der Waals surface area contributed by atoms with Crippen molar-refractivity contribution < 1.29 is 0 Å². The summed E-state index contributed by atoms with van der Waals surface area (Å²) < 4.78 is 2.66. The molecule has 0 aliphatic rings. The van der Waals surface area contributed by atoms with Crippen LogP contribution in [0.2, 0.25) is 0 Å². The summed E-state index contributed by atoms with van der Waals surface area (Å²) >= 11 is 3.45. The van der Waals surface area contributed by atoms with Gasteiger partial charge >= 0.3 is 0 Å². The van der Waals surface area contributed by atoms with Gasteiger partial charge in [-0.2, -0.15) is 4.98 Å².